The minimum atomic E-state index is -3.77. The van der Waals surface area contributed by atoms with E-state index in [0.717, 1.165) is 6.07 Å². The van der Waals surface area contributed by atoms with Crippen molar-refractivity contribution in [2.45, 2.75) is 16.8 Å². The summed E-state index contributed by atoms with van der Waals surface area (Å²) in [4.78, 5) is 10.3. The summed E-state index contributed by atoms with van der Waals surface area (Å²) in [5.74, 6) is -0.278. The fourth-order valence-electron chi connectivity index (χ4n) is 2.14. The highest BCUT2D eigenvalue weighted by atomic mass is 35.5. The van der Waals surface area contributed by atoms with E-state index in [1.165, 1.54) is 12.1 Å². The fraction of sp³-hybridized carbons (Fsp3) is 0.250. The average Bonchev–Trinajstić information content (AvgIpc) is 2.59. The van der Waals surface area contributed by atoms with Crippen LogP contribution in [-0.2, 0) is 15.6 Å². The highest BCUT2D eigenvalue weighted by molar-refractivity contribution is 7.90. The molecule has 9 heteroatoms. The van der Waals surface area contributed by atoms with Crippen LogP contribution in [0.1, 0.15) is 5.56 Å². The van der Waals surface area contributed by atoms with Crippen LogP contribution in [0.15, 0.2) is 53.4 Å². The summed E-state index contributed by atoms with van der Waals surface area (Å²) in [5, 5.41) is 23.3. The van der Waals surface area contributed by atoms with Crippen molar-refractivity contribution in [1.82, 2.24) is 0 Å². The highest BCUT2D eigenvalue weighted by Gasteiger charge is 2.20. The first-order valence-corrected chi connectivity index (χ1v) is 9.54. The van der Waals surface area contributed by atoms with Crippen LogP contribution in [0.5, 0.6) is 0 Å². The van der Waals surface area contributed by atoms with Crippen LogP contribution in [0, 0.1) is 10.1 Å². The number of rotatable bonds is 8. The molecular weight excluding hydrogens is 368 g/mol. The van der Waals surface area contributed by atoms with E-state index < -0.39 is 20.9 Å². The number of aliphatic hydroxyl groups is 1. The summed E-state index contributed by atoms with van der Waals surface area (Å²) >= 11 is 5.50. The number of sulfone groups is 1. The van der Waals surface area contributed by atoms with Gasteiger partial charge in [0.25, 0.3) is 5.69 Å². The summed E-state index contributed by atoms with van der Waals surface area (Å²) in [5.41, 5.74) is 0.461. The molecule has 2 N–H and O–H groups in total. The normalized spacial score (nSPS) is 12.6. The number of nitro benzene ring substituents is 1. The van der Waals surface area contributed by atoms with E-state index in [4.69, 9.17) is 11.6 Å². The Labute approximate surface area is 150 Å². The minimum Gasteiger partial charge on any atom is -0.390 e. The van der Waals surface area contributed by atoms with Gasteiger partial charge in [0.1, 0.15) is 0 Å². The van der Waals surface area contributed by atoms with E-state index in [1.54, 1.807) is 30.3 Å². The number of nitrogens with zero attached hydrogens (tertiary/aromatic N) is 1. The second-order valence-corrected chi connectivity index (χ2v) is 7.70. The maximum Gasteiger partial charge on any atom is 0.272 e. The molecule has 0 heterocycles. The predicted octanol–water partition coefficient (Wildman–Crippen LogP) is 2.58. The Morgan fingerprint density at radius 3 is 2.48 bits per heavy atom. The minimum absolute atomic E-state index is 0.0128. The number of aliphatic hydroxyl groups excluding tert-OH is 1. The smallest absolute Gasteiger partial charge is 0.272 e. The molecule has 25 heavy (non-hydrogen) atoms. The van der Waals surface area contributed by atoms with Crippen LogP contribution in [-0.4, -0.2) is 37.0 Å². The molecule has 134 valence electrons. The molecule has 7 nitrogen and oxygen atoms in total. The van der Waals surface area contributed by atoms with Crippen molar-refractivity contribution in [3.05, 3.63) is 64.2 Å². The number of anilines is 1. The number of benzene rings is 2. The van der Waals surface area contributed by atoms with E-state index in [0.29, 0.717) is 5.56 Å². The topological polar surface area (TPSA) is 110 Å². The van der Waals surface area contributed by atoms with Gasteiger partial charge in [-0.2, -0.15) is 0 Å². The number of nitro groups is 1. The maximum atomic E-state index is 12.6. The van der Waals surface area contributed by atoms with Crippen LogP contribution in [0.4, 0.5) is 11.4 Å². The second kappa shape index (κ2) is 8.28. The molecule has 1 unspecified atom stereocenters. The zero-order chi connectivity index (χ0) is 18.4. The Kier molecular flexibility index (Phi) is 6.35. The Balaban J connectivity index is 2.34. The van der Waals surface area contributed by atoms with Crippen molar-refractivity contribution in [1.29, 1.82) is 0 Å². The van der Waals surface area contributed by atoms with Gasteiger partial charge in [-0.25, -0.2) is 8.42 Å². The SMILES string of the molecule is O=[N+]([O-])c1cc(NCC(O)CCl)cc(S(=O)(=O)Cc2ccccc2)c1. The van der Waals surface area contributed by atoms with Crippen molar-refractivity contribution in [2.75, 3.05) is 17.7 Å². The number of hydrogen-bond donors (Lipinski definition) is 2. The molecule has 0 aliphatic heterocycles. The monoisotopic (exact) mass is 384 g/mol. The highest BCUT2D eigenvalue weighted by Crippen LogP contribution is 2.26. The van der Waals surface area contributed by atoms with Gasteiger partial charge in [-0.05, 0) is 11.6 Å². The van der Waals surface area contributed by atoms with E-state index in [2.05, 4.69) is 5.32 Å². The second-order valence-electron chi connectivity index (χ2n) is 5.41. The van der Waals surface area contributed by atoms with Gasteiger partial charge >= 0.3 is 0 Å². The largest absolute Gasteiger partial charge is 0.390 e. The van der Waals surface area contributed by atoms with Crippen LogP contribution < -0.4 is 5.32 Å². The third kappa shape index (κ3) is 5.42. The summed E-state index contributed by atoms with van der Waals surface area (Å²) in [6.07, 6.45) is -0.856. The Bertz CT molecular complexity index is 843. The zero-order valence-electron chi connectivity index (χ0n) is 13.1. The maximum absolute atomic E-state index is 12.6. The summed E-state index contributed by atoms with van der Waals surface area (Å²) in [7, 11) is -3.77. The Hall–Kier alpha value is -2.16. The van der Waals surface area contributed by atoms with Crippen molar-refractivity contribution in [3.8, 4) is 0 Å². The number of halogens is 1. The summed E-state index contributed by atoms with van der Waals surface area (Å²) in [6.45, 7) is 0.0445. The Morgan fingerprint density at radius 2 is 1.88 bits per heavy atom. The molecule has 0 saturated carbocycles. The number of non-ortho nitro benzene ring substituents is 1. The lowest BCUT2D eigenvalue weighted by Crippen LogP contribution is -2.21. The quantitative estimate of drug-likeness (QED) is 0.411. The number of alkyl halides is 1. The molecule has 0 fully saturated rings. The van der Waals surface area contributed by atoms with Gasteiger partial charge in [-0.1, -0.05) is 30.3 Å². The van der Waals surface area contributed by atoms with Crippen molar-refractivity contribution < 1.29 is 18.4 Å². The Morgan fingerprint density at radius 1 is 1.20 bits per heavy atom. The standard InChI is InChI=1S/C16H17ClN2O5S/c17-9-15(20)10-18-13-6-14(19(21)22)8-16(7-13)25(23,24)11-12-4-2-1-3-5-12/h1-8,15,18,20H,9-11H2. The first kappa shape index (κ1) is 19.2. The molecule has 0 radical (unpaired) electrons. The summed E-state index contributed by atoms with van der Waals surface area (Å²) in [6, 6.07) is 12.1. The van der Waals surface area contributed by atoms with Crippen LogP contribution >= 0.6 is 11.6 Å². The van der Waals surface area contributed by atoms with E-state index in [1.807, 2.05) is 0 Å². The van der Waals surface area contributed by atoms with Gasteiger partial charge in [0.2, 0.25) is 0 Å². The van der Waals surface area contributed by atoms with Crippen molar-refractivity contribution in [3.63, 3.8) is 0 Å². The van der Waals surface area contributed by atoms with E-state index in [-0.39, 0.29) is 34.4 Å². The lowest BCUT2D eigenvalue weighted by Gasteiger charge is -2.12. The van der Waals surface area contributed by atoms with Crippen molar-refractivity contribution in [2.24, 2.45) is 0 Å². The lowest BCUT2D eigenvalue weighted by molar-refractivity contribution is -0.385. The molecule has 2 aromatic carbocycles. The van der Waals surface area contributed by atoms with Gasteiger partial charge in [0.15, 0.2) is 9.84 Å². The molecule has 2 rings (SSSR count). The lowest BCUT2D eigenvalue weighted by atomic mass is 10.2. The molecule has 0 aliphatic carbocycles. The molecule has 0 saturated heterocycles. The first-order chi connectivity index (χ1) is 11.8. The molecule has 0 aliphatic rings. The molecule has 0 bridgehead atoms. The number of hydrogen-bond acceptors (Lipinski definition) is 6. The van der Waals surface area contributed by atoms with E-state index >= 15 is 0 Å². The third-order valence-corrected chi connectivity index (χ3v) is 5.40. The molecule has 2 aromatic rings. The number of nitrogens with one attached hydrogen (secondary N) is 1. The summed E-state index contributed by atoms with van der Waals surface area (Å²) < 4.78 is 25.2. The fourth-order valence-corrected chi connectivity index (χ4v) is 3.65. The zero-order valence-corrected chi connectivity index (χ0v) is 14.7. The molecule has 0 aromatic heterocycles. The van der Waals surface area contributed by atoms with Crippen molar-refractivity contribution >= 4 is 32.8 Å². The van der Waals surface area contributed by atoms with Gasteiger partial charge in [-0.15, -0.1) is 11.6 Å². The van der Waals surface area contributed by atoms with Gasteiger partial charge < -0.3 is 10.4 Å². The average molecular weight is 385 g/mol. The van der Waals surface area contributed by atoms with Gasteiger partial charge in [0, 0.05) is 24.4 Å². The predicted molar refractivity (Wildman–Crippen MR) is 95.6 cm³/mol. The van der Waals surface area contributed by atoms with Crippen LogP contribution in [0.25, 0.3) is 0 Å². The van der Waals surface area contributed by atoms with Gasteiger partial charge in [-0.3, -0.25) is 10.1 Å². The van der Waals surface area contributed by atoms with Crippen LogP contribution in [0.2, 0.25) is 0 Å². The van der Waals surface area contributed by atoms with Gasteiger partial charge in [0.05, 0.1) is 27.6 Å². The first-order valence-electron chi connectivity index (χ1n) is 7.36. The molecule has 1 atom stereocenters. The molecular formula is C16H17ClN2O5S. The third-order valence-electron chi connectivity index (χ3n) is 3.38. The molecule has 0 amide bonds. The van der Waals surface area contributed by atoms with E-state index in [9.17, 15) is 23.6 Å². The van der Waals surface area contributed by atoms with Crippen LogP contribution in [0.3, 0.4) is 0 Å². The molecule has 0 spiro atoms.